The van der Waals surface area contributed by atoms with E-state index in [1.54, 1.807) is 31.6 Å². The summed E-state index contributed by atoms with van der Waals surface area (Å²) in [4.78, 5) is 29.7. The van der Waals surface area contributed by atoms with E-state index >= 15 is 0 Å². The minimum Gasteiger partial charge on any atom is -0.391 e. The van der Waals surface area contributed by atoms with Crippen LogP contribution in [0.2, 0.25) is 0 Å². The molecule has 0 bridgehead atoms. The molecular weight excluding hydrogens is 588 g/mol. The number of amides is 1. The maximum Gasteiger partial charge on any atom is 0.416 e. The number of carbonyl (C=O) groups excluding carboxylic acids is 1. The molecule has 4 aromatic rings. The first-order chi connectivity index (χ1) is 20.9. The van der Waals surface area contributed by atoms with Crippen LogP contribution in [0.5, 0.6) is 0 Å². The number of hydrogen-bond donors (Lipinski definition) is 1. The molecule has 44 heavy (non-hydrogen) atoms. The predicted molar refractivity (Wildman–Crippen MR) is 152 cm³/mol. The smallest absolute Gasteiger partial charge is 0.391 e. The molecule has 0 aliphatic carbocycles. The lowest BCUT2D eigenvalue weighted by atomic mass is 9.98. The summed E-state index contributed by atoms with van der Waals surface area (Å²) in [6, 6.07) is 11.6. The number of carbonyl (C=O) groups is 1. The quantitative estimate of drug-likeness (QED) is 0.138. The number of aromatic amines is 1. The van der Waals surface area contributed by atoms with Crippen LogP contribution < -0.4 is 0 Å². The Balaban J connectivity index is 1.39. The minimum atomic E-state index is -5.06. The number of alkyl halides is 6. The van der Waals surface area contributed by atoms with Crippen molar-refractivity contribution in [2.45, 2.75) is 38.3 Å². The highest BCUT2D eigenvalue weighted by molar-refractivity contribution is 5.95. The highest BCUT2D eigenvalue weighted by Crippen LogP contribution is 2.37. The molecule has 2 aromatic carbocycles. The summed E-state index contributed by atoms with van der Waals surface area (Å²) in [6.45, 7) is 3.14. The monoisotopic (exact) mass is 617 g/mol. The number of aromatic nitrogens is 2. The Labute approximate surface area is 249 Å². The average molecular weight is 618 g/mol. The molecule has 7 nitrogen and oxygen atoms in total. The van der Waals surface area contributed by atoms with Gasteiger partial charge < -0.3 is 14.7 Å². The summed E-state index contributed by atoms with van der Waals surface area (Å²) >= 11 is 0. The van der Waals surface area contributed by atoms with Crippen molar-refractivity contribution < 1.29 is 36.0 Å². The highest BCUT2D eigenvalue weighted by Gasteiger charge is 2.39. The second-order valence-corrected chi connectivity index (χ2v) is 10.7. The van der Waals surface area contributed by atoms with E-state index in [1.807, 2.05) is 35.2 Å². The lowest BCUT2D eigenvalue weighted by molar-refractivity contribution is -0.143. The van der Waals surface area contributed by atoms with Crippen LogP contribution in [0.1, 0.15) is 39.5 Å². The number of pyridine rings is 1. The Morgan fingerprint density at radius 3 is 2.43 bits per heavy atom. The molecule has 3 heterocycles. The van der Waals surface area contributed by atoms with Gasteiger partial charge in [0.25, 0.3) is 5.91 Å². The number of halogens is 6. The van der Waals surface area contributed by atoms with Gasteiger partial charge in [0.2, 0.25) is 0 Å². The number of hydrogen-bond acceptors (Lipinski definition) is 5. The van der Waals surface area contributed by atoms with Crippen LogP contribution in [-0.2, 0) is 30.2 Å². The molecule has 1 fully saturated rings. The van der Waals surface area contributed by atoms with E-state index in [1.165, 1.54) is 4.90 Å². The van der Waals surface area contributed by atoms with Crippen LogP contribution in [0.25, 0.3) is 10.9 Å². The van der Waals surface area contributed by atoms with E-state index in [2.05, 4.69) is 15.1 Å². The van der Waals surface area contributed by atoms with E-state index in [9.17, 15) is 31.1 Å². The first-order valence-electron chi connectivity index (χ1n) is 13.8. The summed E-state index contributed by atoms with van der Waals surface area (Å²) < 4.78 is 81.3. The van der Waals surface area contributed by atoms with Crippen molar-refractivity contribution in [1.82, 2.24) is 19.8 Å². The fraction of sp³-hybridized carbons (Fsp3) is 0.323. The van der Waals surface area contributed by atoms with Crippen LogP contribution >= 0.6 is 0 Å². The van der Waals surface area contributed by atoms with Crippen LogP contribution in [0.15, 0.2) is 78.3 Å². The number of nitrogens with one attached hydrogen (secondary N) is 1. The number of benzene rings is 2. The number of piperazine rings is 1. The standard InChI is InChI=1S/C31H29F6N5O2/c1-20(40-44-19-21-5-4-8-38-15-21)17-41-9-10-42(26(18-41)13-23-16-39-28-7-3-2-6-27(23)28)29(43)22-11-24(30(32,33)34)14-25(12-22)31(35,36)37/h2-8,11-12,14-16,26,39H,9-10,13,17-19H2,1H3/t26-/m1/s1. The molecule has 2 aromatic heterocycles. The topological polar surface area (TPSA) is 73.8 Å². The number of fused-ring (bicyclic) bond motifs is 1. The van der Waals surface area contributed by atoms with Crippen molar-refractivity contribution in [3.05, 3.63) is 101 Å². The summed E-state index contributed by atoms with van der Waals surface area (Å²) in [6.07, 6.45) is -4.68. The molecule has 1 aliphatic heterocycles. The van der Waals surface area contributed by atoms with Gasteiger partial charge in [-0.25, -0.2) is 0 Å². The second-order valence-electron chi connectivity index (χ2n) is 10.7. The Kier molecular flexibility index (Phi) is 8.95. The summed E-state index contributed by atoms with van der Waals surface area (Å²) in [7, 11) is 0. The summed E-state index contributed by atoms with van der Waals surface area (Å²) in [5.74, 6) is -0.892. The first-order valence-corrected chi connectivity index (χ1v) is 13.8. The number of nitrogens with zero attached hydrogens (tertiary/aromatic N) is 4. The molecule has 0 unspecified atom stereocenters. The SMILES string of the molecule is CC(CN1CCN(C(=O)c2cc(C(F)(F)F)cc(C(F)(F)F)c2)[C@H](Cc2c[nH]c3ccccc23)C1)=NOCc1cccnc1. The zero-order valence-electron chi connectivity index (χ0n) is 23.6. The van der Waals surface area contributed by atoms with Gasteiger partial charge in [-0.1, -0.05) is 29.4 Å². The number of oxime groups is 1. The van der Waals surface area contributed by atoms with Gasteiger partial charge in [0.1, 0.15) is 6.61 Å². The third-order valence-electron chi connectivity index (χ3n) is 7.42. The Hall–Kier alpha value is -4.39. The number of para-hydroxylation sites is 1. The van der Waals surface area contributed by atoms with E-state index in [0.717, 1.165) is 22.0 Å². The maximum absolute atomic E-state index is 13.7. The Bertz CT molecular complexity index is 1600. The predicted octanol–water partition coefficient (Wildman–Crippen LogP) is 6.56. The molecule has 232 valence electrons. The largest absolute Gasteiger partial charge is 0.416 e. The van der Waals surface area contributed by atoms with Gasteiger partial charge in [-0.05, 0) is 49.2 Å². The average Bonchev–Trinajstić information content (AvgIpc) is 3.39. The minimum absolute atomic E-state index is 0.0244. The third kappa shape index (κ3) is 7.39. The molecule has 1 aliphatic rings. The third-order valence-corrected chi connectivity index (χ3v) is 7.42. The molecule has 5 rings (SSSR count). The van der Waals surface area contributed by atoms with Gasteiger partial charge in [-0.2, -0.15) is 26.3 Å². The van der Waals surface area contributed by atoms with Crippen LogP contribution in [0, 0.1) is 0 Å². The second kappa shape index (κ2) is 12.7. The summed E-state index contributed by atoms with van der Waals surface area (Å²) in [5.41, 5.74) is -0.470. The van der Waals surface area contributed by atoms with E-state index in [4.69, 9.17) is 4.84 Å². The van der Waals surface area contributed by atoms with Crippen molar-refractivity contribution in [3.8, 4) is 0 Å². The van der Waals surface area contributed by atoms with Gasteiger partial charge in [-0.15, -0.1) is 0 Å². The molecule has 0 spiro atoms. The van der Waals surface area contributed by atoms with E-state index in [-0.39, 0.29) is 19.2 Å². The van der Waals surface area contributed by atoms with Gasteiger partial charge in [0.05, 0.1) is 16.8 Å². The Morgan fingerprint density at radius 1 is 1.02 bits per heavy atom. The normalized spacial score (nSPS) is 16.8. The fourth-order valence-electron chi connectivity index (χ4n) is 5.36. The number of rotatable bonds is 8. The van der Waals surface area contributed by atoms with Gasteiger partial charge >= 0.3 is 12.4 Å². The van der Waals surface area contributed by atoms with Crippen molar-refractivity contribution in [2.75, 3.05) is 26.2 Å². The maximum atomic E-state index is 13.7. The van der Waals surface area contributed by atoms with Crippen LogP contribution in [-0.4, -0.2) is 63.6 Å². The zero-order chi connectivity index (χ0) is 31.5. The Morgan fingerprint density at radius 2 is 1.75 bits per heavy atom. The molecular formula is C31H29F6N5O2. The first kappa shape index (κ1) is 31.0. The van der Waals surface area contributed by atoms with Crippen molar-refractivity contribution in [1.29, 1.82) is 0 Å². The lowest BCUT2D eigenvalue weighted by Gasteiger charge is -2.41. The zero-order valence-corrected chi connectivity index (χ0v) is 23.6. The molecule has 1 atom stereocenters. The van der Waals surface area contributed by atoms with E-state index < -0.39 is 41.0 Å². The fourth-order valence-corrected chi connectivity index (χ4v) is 5.36. The molecule has 0 saturated carbocycles. The van der Waals surface area contributed by atoms with Gasteiger partial charge in [0, 0.05) is 72.8 Å². The van der Waals surface area contributed by atoms with E-state index in [0.29, 0.717) is 43.9 Å². The number of H-pyrrole nitrogens is 1. The summed E-state index contributed by atoms with van der Waals surface area (Å²) in [5, 5.41) is 5.08. The highest BCUT2D eigenvalue weighted by atomic mass is 19.4. The van der Waals surface area contributed by atoms with Crippen LogP contribution in [0.4, 0.5) is 26.3 Å². The molecule has 1 saturated heterocycles. The van der Waals surface area contributed by atoms with Crippen molar-refractivity contribution in [2.24, 2.45) is 5.16 Å². The van der Waals surface area contributed by atoms with Crippen LogP contribution in [0.3, 0.4) is 0 Å². The lowest BCUT2D eigenvalue weighted by Crippen LogP contribution is -2.56. The van der Waals surface area contributed by atoms with Crippen molar-refractivity contribution >= 4 is 22.5 Å². The van der Waals surface area contributed by atoms with Crippen molar-refractivity contribution in [3.63, 3.8) is 0 Å². The molecule has 0 radical (unpaired) electrons. The molecule has 1 N–H and O–H groups in total. The van der Waals surface area contributed by atoms with Gasteiger partial charge in [-0.3, -0.25) is 14.7 Å². The molecule has 1 amide bonds. The van der Waals surface area contributed by atoms with Gasteiger partial charge in [0.15, 0.2) is 0 Å². The molecule has 13 heteroatoms.